The minimum absolute atomic E-state index is 0.00671. The van der Waals surface area contributed by atoms with Crippen molar-refractivity contribution >= 4 is 11.8 Å². The number of rotatable bonds is 11. The molecule has 2 aromatic heterocycles. The molecule has 0 bridgehead atoms. The number of halogens is 1. The molecule has 3 N–H and O–H groups in total. The summed E-state index contributed by atoms with van der Waals surface area (Å²) in [5.74, 6) is -0.648. The predicted octanol–water partition coefficient (Wildman–Crippen LogP) is 6.30. The molecule has 10 nitrogen and oxygen atoms in total. The average molecular weight is 708 g/mol. The minimum atomic E-state index is -0.614. The molecule has 0 radical (unpaired) electrons. The Labute approximate surface area is 305 Å². The molecule has 2 fully saturated rings. The van der Waals surface area contributed by atoms with E-state index in [0.29, 0.717) is 36.4 Å². The maximum atomic E-state index is 14.4. The van der Waals surface area contributed by atoms with Crippen molar-refractivity contribution in [1.29, 1.82) is 0 Å². The number of piperazine rings is 1. The van der Waals surface area contributed by atoms with Crippen LogP contribution in [0.5, 0.6) is 11.6 Å². The maximum absolute atomic E-state index is 14.4. The van der Waals surface area contributed by atoms with Crippen LogP contribution in [0.3, 0.4) is 0 Å². The van der Waals surface area contributed by atoms with E-state index in [-0.39, 0.29) is 29.4 Å². The number of nitrogens with zero attached hydrogens (tertiary/aromatic N) is 4. The minimum Gasteiger partial charge on any atom is -0.438 e. The van der Waals surface area contributed by atoms with Gasteiger partial charge in [0.1, 0.15) is 22.8 Å². The van der Waals surface area contributed by atoms with E-state index < -0.39 is 11.7 Å². The highest BCUT2D eigenvalue weighted by Crippen LogP contribution is 2.30. The lowest BCUT2D eigenvalue weighted by atomic mass is 9.91. The molecule has 2 atom stereocenters. The number of fused-ring (bicyclic) bond motifs is 1. The van der Waals surface area contributed by atoms with E-state index in [1.807, 2.05) is 35.0 Å². The molecule has 2 aromatic carbocycles. The fraction of sp³-hybridized carbons (Fsp3) is 0.463. The zero-order valence-electron chi connectivity index (χ0n) is 30.2. The molecular formula is C41H50FN7O3. The van der Waals surface area contributed by atoms with Crippen LogP contribution in [0.1, 0.15) is 90.9 Å². The van der Waals surface area contributed by atoms with Crippen molar-refractivity contribution < 1.29 is 18.7 Å². The second-order valence-electron chi connectivity index (χ2n) is 14.9. The first-order valence-corrected chi connectivity index (χ1v) is 19.0. The van der Waals surface area contributed by atoms with Gasteiger partial charge in [-0.1, -0.05) is 36.4 Å². The molecule has 274 valence electrons. The van der Waals surface area contributed by atoms with Gasteiger partial charge in [-0.15, -0.1) is 0 Å². The van der Waals surface area contributed by atoms with Crippen LogP contribution in [0, 0.1) is 5.82 Å². The summed E-state index contributed by atoms with van der Waals surface area (Å²) in [6, 6.07) is 20.2. The largest absolute Gasteiger partial charge is 0.438 e. The van der Waals surface area contributed by atoms with Crippen molar-refractivity contribution in [1.82, 2.24) is 35.6 Å². The van der Waals surface area contributed by atoms with Crippen molar-refractivity contribution in [2.45, 2.75) is 102 Å². The maximum Gasteiger partial charge on any atom is 0.272 e. The summed E-state index contributed by atoms with van der Waals surface area (Å²) in [5, 5.41) is 14.3. The Hall–Kier alpha value is -4.61. The number of hydrogen-bond acceptors (Lipinski definition) is 7. The first kappa shape index (κ1) is 35.8. The smallest absolute Gasteiger partial charge is 0.272 e. The highest BCUT2D eigenvalue weighted by molar-refractivity contribution is 5.96. The van der Waals surface area contributed by atoms with Crippen LogP contribution in [-0.2, 0) is 19.4 Å². The average Bonchev–Trinajstić information content (AvgIpc) is 3.58. The van der Waals surface area contributed by atoms with Gasteiger partial charge in [-0.2, -0.15) is 5.10 Å². The molecule has 2 aliphatic heterocycles. The Morgan fingerprint density at radius 1 is 0.904 bits per heavy atom. The fourth-order valence-electron chi connectivity index (χ4n) is 7.99. The summed E-state index contributed by atoms with van der Waals surface area (Å²) in [5.41, 5.74) is 4.97. The number of hydrogen-bond donors (Lipinski definition) is 3. The fourth-order valence-corrected chi connectivity index (χ4v) is 7.99. The molecule has 4 aromatic rings. The molecule has 2 amide bonds. The van der Waals surface area contributed by atoms with Crippen LogP contribution >= 0.6 is 0 Å². The number of aryl methyl sites for hydroxylation is 3. The number of aromatic nitrogens is 3. The van der Waals surface area contributed by atoms with E-state index in [2.05, 4.69) is 69.0 Å². The lowest BCUT2D eigenvalue weighted by Gasteiger charge is -2.36. The number of amides is 2. The summed E-state index contributed by atoms with van der Waals surface area (Å²) in [4.78, 5) is 33.1. The van der Waals surface area contributed by atoms with Crippen LogP contribution in [0.2, 0.25) is 0 Å². The number of carbonyl (C=O) groups excluding carboxylic acids is 2. The normalized spacial score (nSPS) is 22.0. The second-order valence-corrected chi connectivity index (χ2v) is 14.9. The van der Waals surface area contributed by atoms with Gasteiger partial charge < -0.3 is 25.6 Å². The van der Waals surface area contributed by atoms with Gasteiger partial charge in [0.2, 0.25) is 5.88 Å². The molecule has 4 heterocycles. The lowest BCUT2D eigenvalue weighted by Crippen LogP contribution is -2.54. The molecule has 52 heavy (non-hydrogen) atoms. The van der Waals surface area contributed by atoms with Crippen LogP contribution in [0.4, 0.5) is 4.39 Å². The molecule has 7 rings (SSSR count). The Morgan fingerprint density at radius 3 is 2.37 bits per heavy atom. The number of carbonyl (C=O) groups is 2. The molecule has 2 unspecified atom stereocenters. The van der Waals surface area contributed by atoms with E-state index in [1.165, 1.54) is 11.6 Å². The highest BCUT2D eigenvalue weighted by Gasteiger charge is 2.27. The van der Waals surface area contributed by atoms with Gasteiger partial charge in [0.25, 0.3) is 11.8 Å². The molecule has 1 saturated carbocycles. The van der Waals surface area contributed by atoms with Crippen LogP contribution in [0.15, 0.2) is 66.9 Å². The zero-order chi connectivity index (χ0) is 36.0. The van der Waals surface area contributed by atoms with Gasteiger partial charge >= 0.3 is 0 Å². The summed E-state index contributed by atoms with van der Waals surface area (Å²) in [6.45, 7) is 8.60. The molecule has 0 spiro atoms. The van der Waals surface area contributed by atoms with Gasteiger partial charge in [0.05, 0.1) is 6.20 Å². The van der Waals surface area contributed by atoms with Crippen molar-refractivity contribution in [3.63, 3.8) is 0 Å². The second kappa shape index (κ2) is 16.4. The molecule has 3 aliphatic rings. The molecule has 1 aliphatic carbocycles. The Kier molecular flexibility index (Phi) is 11.3. The number of nitrogens with one attached hydrogen (secondary N) is 3. The Bertz CT molecular complexity index is 1840. The Morgan fingerprint density at radius 2 is 1.62 bits per heavy atom. The number of ether oxygens (including phenoxy) is 1. The van der Waals surface area contributed by atoms with Crippen molar-refractivity contribution in [3.05, 3.63) is 95.2 Å². The van der Waals surface area contributed by atoms with E-state index in [4.69, 9.17) is 4.74 Å². The first-order chi connectivity index (χ1) is 25.3. The van der Waals surface area contributed by atoms with Gasteiger partial charge in [0, 0.05) is 49.5 Å². The summed E-state index contributed by atoms with van der Waals surface area (Å²) < 4.78 is 22.5. The van der Waals surface area contributed by atoms with Gasteiger partial charge in [-0.05, 0) is 119 Å². The third kappa shape index (κ3) is 9.05. The van der Waals surface area contributed by atoms with E-state index in [9.17, 15) is 14.0 Å². The topological polar surface area (TPSA) is 113 Å². The standard InChI is InChI=1S/C41H50FN7O3/c1-27-25-48(26-28(2)44-27)18-7-9-29-8-5-10-30(20-29)31-11-6-13-36(21-31)52-41-37(22-32(42)24-43-41)39(50)45-33-14-16-34(17-15-33)46-40(51)38-23-35-12-3-4-19-49(35)47-38/h5-6,8,10-11,13,20-24,27-28,33-34,44H,3-4,7,9,12,14-19,25-26H2,1-2H3,(H,45,50)(H,46,51). The summed E-state index contributed by atoms with van der Waals surface area (Å²) >= 11 is 0. The third-order valence-corrected chi connectivity index (χ3v) is 10.5. The van der Waals surface area contributed by atoms with E-state index >= 15 is 0 Å². The van der Waals surface area contributed by atoms with Crippen molar-refractivity contribution in [2.75, 3.05) is 19.6 Å². The highest BCUT2D eigenvalue weighted by atomic mass is 19.1. The lowest BCUT2D eigenvalue weighted by molar-refractivity contribution is 0.0887. The van der Waals surface area contributed by atoms with E-state index in [0.717, 1.165) is 94.1 Å². The quantitative estimate of drug-likeness (QED) is 0.168. The molecule has 11 heteroatoms. The summed E-state index contributed by atoms with van der Waals surface area (Å²) in [7, 11) is 0. The van der Waals surface area contributed by atoms with Gasteiger partial charge in [-0.25, -0.2) is 9.37 Å². The predicted molar refractivity (Wildman–Crippen MR) is 199 cm³/mol. The van der Waals surface area contributed by atoms with Crippen LogP contribution in [-0.4, -0.2) is 75.3 Å². The number of benzene rings is 2. The molecular weight excluding hydrogens is 657 g/mol. The van der Waals surface area contributed by atoms with Gasteiger partial charge in [0.15, 0.2) is 0 Å². The van der Waals surface area contributed by atoms with E-state index in [1.54, 1.807) is 0 Å². The van der Waals surface area contributed by atoms with Crippen LogP contribution < -0.4 is 20.7 Å². The van der Waals surface area contributed by atoms with Crippen LogP contribution in [0.25, 0.3) is 11.1 Å². The molecule has 1 saturated heterocycles. The monoisotopic (exact) mass is 707 g/mol. The number of pyridine rings is 1. The first-order valence-electron chi connectivity index (χ1n) is 19.0. The Balaban J connectivity index is 0.935. The van der Waals surface area contributed by atoms with Gasteiger partial charge in [-0.3, -0.25) is 14.3 Å². The zero-order valence-corrected chi connectivity index (χ0v) is 30.2. The van der Waals surface area contributed by atoms with Crippen molar-refractivity contribution in [3.8, 4) is 22.8 Å². The third-order valence-electron chi connectivity index (χ3n) is 10.5. The summed E-state index contributed by atoms with van der Waals surface area (Å²) in [6.07, 6.45) is 9.13. The SMILES string of the molecule is CC1CN(CCCc2cccc(-c3cccc(Oc4ncc(F)cc4C(=O)NC4CCC(NC(=O)c5cc6n(n5)CCCC6)CC4)c3)c2)CC(C)N1. The van der Waals surface area contributed by atoms with Crippen molar-refractivity contribution in [2.24, 2.45) is 0 Å².